The van der Waals surface area contributed by atoms with Crippen molar-refractivity contribution in [1.29, 1.82) is 0 Å². The molecule has 0 amide bonds. The Morgan fingerprint density at radius 2 is 1.72 bits per heavy atom. The van der Waals surface area contributed by atoms with Crippen molar-refractivity contribution in [2.75, 3.05) is 0 Å². The van der Waals surface area contributed by atoms with E-state index in [4.69, 9.17) is 5.73 Å². The highest BCUT2D eigenvalue weighted by atomic mass is 14.8. The summed E-state index contributed by atoms with van der Waals surface area (Å²) in [6, 6.07) is 2.47. The van der Waals surface area contributed by atoms with Crippen LogP contribution in [0.3, 0.4) is 0 Å². The molecule has 1 aromatic rings. The molecule has 1 heterocycles. The highest BCUT2D eigenvalue weighted by Crippen LogP contribution is 2.61. The standard InChI is InChI=1S/C16H24N2/c1-10(17)15-14(2-3-18-15)16-7-11-4-12(8-16)6-13(5-11)9-16/h2-3,10-13,18H,4-9,17H2,1H3. The smallest absolute Gasteiger partial charge is 0.0422 e. The number of nitrogens with one attached hydrogen (secondary N) is 1. The number of H-pyrrole nitrogens is 1. The van der Waals surface area contributed by atoms with Crippen LogP contribution in [0.5, 0.6) is 0 Å². The van der Waals surface area contributed by atoms with Gasteiger partial charge < -0.3 is 10.7 Å². The van der Waals surface area contributed by atoms with Crippen LogP contribution in [0.1, 0.15) is 62.7 Å². The predicted octanol–water partition coefficient (Wildman–Crippen LogP) is 3.50. The molecule has 98 valence electrons. The SMILES string of the molecule is CC(N)c1[nH]ccc1C12CC3CC(CC(C3)C1)C2. The fraction of sp³-hybridized carbons (Fsp3) is 0.750. The van der Waals surface area contributed by atoms with Crippen LogP contribution in [0.15, 0.2) is 12.3 Å². The average Bonchev–Trinajstić information content (AvgIpc) is 2.76. The Labute approximate surface area is 109 Å². The second kappa shape index (κ2) is 3.63. The Kier molecular flexibility index (Phi) is 2.24. The molecule has 3 N–H and O–H groups in total. The first kappa shape index (κ1) is 11.1. The molecular weight excluding hydrogens is 220 g/mol. The van der Waals surface area contributed by atoms with Crippen molar-refractivity contribution >= 4 is 0 Å². The van der Waals surface area contributed by atoms with Crippen molar-refractivity contribution in [2.24, 2.45) is 23.5 Å². The van der Waals surface area contributed by atoms with Gasteiger partial charge in [0, 0.05) is 17.9 Å². The predicted molar refractivity (Wildman–Crippen MR) is 73.2 cm³/mol. The number of rotatable bonds is 2. The Bertz CT molecular complexity index is 422. The van der Waals surface area contributed by atoms with E-state index in [9.17, 15) is 0 Å². The summed E-state index contributed by atoms with van der Waals surface area (Å²) in [5, 5.41) is 0. The van der Waals surface area contributed by atoms with Gasteiger partial charge in [-0.25, -0.2) is 0 Å². The van der Waals surface area contributed by atoms with Gasteiger partial charge >= 0.3 is 0 Å². The minimum Gasteiger partial charge on any atom is -0.363 e. The molecule has 18 heavy (non-hydrogen) atoms. The highest BCUT2D eigenvalue weighted by molar-refractivity contribution is 5.34. The van der Waals surface area contributed by atoms with Gasteiger partial charge in [0.25, 0.3) is 0 Å². The van der Waals surface area contributed by atoms with Crippen LogP contribution in [0.2, 0.25) is 0 Å². The molecule has 4 bridgehead atoms. The third-order valence-electron chi connectivity index (χ3n) is 5.84. The zero-order chi connectivity index (χ0) is 12.3. The van der Waals surface area contributed by atoms with Crippen LogP contribution < -0.4 is 5.73 Å². The topological polar surface area (TPSA) is 41.8 Å². The summed E-state index contributed by atoms with van der Waals surface area (Å²) in [6.45, 7) is 2.11. The van der Waals surface area contributed by atoms with Gasteiger partial charge in [-0.1, -0.05) is 0 Å². The van der Waals surface area contributed by atoms with E-state index >= 15 is 0 Å². The molecule has 4 saturated carbocycles. The summed E-state index contributed by atoms with van der Waals surface area (Å²) in [6.07, 6.45) is 10.9. The van der Waals surface area contributed by atoms with E-state index in [2.05, 4.69) is 24.2 Å². The molecule has 4 fully saturated rings. The quantitative estimate of drug-likeness (QED) is 0.821. The van der Waals surface area contributed by atoms with E-state index in [-0.39, 0.29) is 6.04 Å². The van der Waals surface area contributed by atoms with E-state index in [1.165, 1.54) is 44.2 Å². The molecule has 0 saturated heterocycles. The first-order chi connectivity index (χ1) is 8.66. The lowest BCUT2D eigenvalue weighted by atomic mass is 9.48. The van der Waals surface area contributed by atoms with E-state index in [1.807, 2.05) is 0 Å². The lowest BCUT2D eigenvalue weighted by Gasteiger charge is -2.57. The van der Waals surface area contributed by atoms with Crippen molar-refractivity contribution in [3.8, 4) is 0 Å². The molecular formula is C16H24N2. The number of hydrogen-bond acceptors (Lipinski definition) is 1. The summed E-state index contributed by atoms with van der Waals surface area (Å²) >= 11 is 0. The lowest BCUT2D eigenvalue weighted by molar-refractivity contribution is -0.00564. The Hall–Kier alpha value is -0.760. The Balaban J connectivity index is 1.77. The minimum absolute atomic E-state index is 0.142. The maximum Gasteiger partial charge on any atom is 0.0422 e. The maximum absolute atomic E-state index is 6.15. The summed E-state index contributed by atoms with van der Waals surface area (Å²) in [5.74, 6) is 3.02. The largest absolute Gasteiger partial charge is 0.363 e. The molecule has 1 atom stereocenters. The Morgan fingerprint density at radius 3 is 2.22 bits per heavy atom. The molecule has 2 heteroatoms. The molecule has 0 radical (unpaired) electrons. The van der Waals surface area contributed by atoms with Crippen molar-refractivity contribution in [2.45, 2.75) is 56.9 Å². The third-order valence-corrected chi connectivity index (χ3v) is 5.84. The fourth-order valence-corrected chi connectivity index (χ4v) is 5.66. The van der Waals surface area contributed by atoms with E-state index in [0.717, 1.165) is 17.8 Å². The number of hydrogen-bond donors (Lipinski definition) is 2. The number of aromatic amines is 1. The minimum atomic E-state index is 0.142. The molecule has 1 aromatic heterocycles. The van der Waals surface area contributed by atoms with Crippen LogP contribution >= 0.6 is 0 Å². The maximum atomic E-state index is 6.15. The molecule has 4 aliphatic rings. The molecule has 0 aromatic carbocycles. The van der Waals surface area contributed by atoms with Crippen molar-refractivity contribution < 1.29 is 0 Å². The summed E-state index contributed by atoms with van der Waals surface area (Å²) < 4.78 is 0. The van der Waals surface area contributed by atoms with Gasteiger partial charge in [0.2, 0.25) is 0 Å². The molecule has 0 spiro atoms. The fourth-order valence-electron chi connectivity index (χ4n) is 5.66. The zero-order valence-electron chi connectivity index (χ0n) is 11.3. The van der Waals surface area contributed by atoms with Crippen LogP contribution in [0.25, 0.3) is 0 Å². The van der Waals surface area contributed by atoms with E-state index in [0.29, 0.717) is 5.41 Å². The first-order valence-corrected chi connectivity index (χ1v) is 7.59. The van der Waals surface area contributed by atoms with Gasteiger partial charge in [-0.05, 0) is 80.2 Å². The van der Waals surface area contributed by atoms with Crippen molar-refractivity contribution in [1.82, 2.24) is 4.98 Å². The first-order valence-electron chi connectivity index (χ1n) is 7.59. The van der Waals surface area contributed by atoms with Crippen molar-refractivity contribution in [3.63, 3.8) is 0 Å². The molecule has 2 nitrogen and oxygen atoms in total. The number of nitrogens with two attached hydrogens (primary N) is 1. The van der Waals surface area contributed by atoms with Crippen LogP contribution in [0, 0.1) is 17.8 Å². The normalized spacial score (nSPS) is 43.3. The molecule has 1 unspecified atom stereocenters. The van der Waals surface area contributed by atoms with Crippen LogP contribution in [-0.4, -0.2) is 4.98 Å². The van der Waals surface area contributed by atoms with Crippen LogP contribution in [0.4, 0.5) is 0 Å². The zero-order valence-corrected chi connectivity index (χ0v) is 11.3. The van der Waals surface area contributed by atoms with Gasteiger partial charge in [0.15, 0.2) is 0 Å². The molecule has 0 aliphatic heterocycles. The van der Waals surface area contributed by atoms with Gasteiger partial charge in [0.05, 0.1) is 0 Å². The lowest BCUT2D eigenvalue weighted by Crippen LogP contribution is -2.48. The third kappa shape index (κ3) is 1.45. The van der Waals surface area contributed by atoms with Gasteiger partial charge in [0.1, 0.15) is 0 Å². The summed E-state index contributed by atoms with van der Waals surface area (Å²) in [4.78, 5) is 3.41. The molecule has 5 rings (SSSR count). The van der Waals surface area contributed by atoms with E-state index < -0.39 is 0 Å². The average molecular weight is 244 g/mol. The van der Waals surface area contributed by atoms with Crippen molar-refractivity contribution in [3.05, 3.63) is 23.5 Å². The molecule has 4 aliphatic carbocycles. The highest BCUT2D eigenvalue weighted by Gasteiger charge is 2.52. The van der Waals surface area contributed by atoms with Gasteiger partial charge in [-0.2, -0.15) is 0 Å². The van der Waals surface area contributed by atoms with Gasteiger partial charge in [-0.15, -0.1) is 0 Å². The monoisotopic (exact) mass is 244 g/mol. The Morgan fingerprint density at radius 1 is 1.17 bits per heavy atom. The summed E-state index contributed by atoms with van der Waals surface area (Å²) in [7, 11) is 0. The second-order valence-corrected chi connectivity index (χ2v) is 7.29. The van der Waals surface area contributed by atoms with Gasteiger partial charge in [-0.3, -0.25) is 0 Å². The number of aromatic nitrogens is 1. The second-order valence-electron chi connectivity index (χ2n) is 7.29. The van der Waals surface area contributed by atoms with E-state index in [1.54, 1.807) is 5.56 Å². The van der Waals surface area contributed by atoms with Crippen LogP contribution in [-0.2, 0) is 5.41 Å². The summed E-state index contributed by atoms with van der Waals surface area (Å²) in [5.41, 5.74) is 9.50.